The van der Waals surface area contributed by atoms with Crippen LogP contribution in [0, 0.1) is 11.3 Å². The Balaban J connectivity index is 2.24. The van der Waals surface area contributed by atoms with Gasteiger partial charge in [0.1, 0.15) is 23.3 Å². The molecule has 6 nitrogen and oxygen atoms in total. The first-order valence-corrected chi connectivity index (χ1v) is 6.22. The van der Waals surface area contributed by atoms with Gasteiger partial charge in [0.25, 0.3) is 0 Å². The van der Waals surface area contributed by atoms with Crippen molar-refractivity contribution in [3.63, 3.8) is 0 Å². The van der Waals surface area contributed by atoms with Crippen molar-refractivity contribution in [2.45, 2.75) is 6.92 Å². The lowest BCUT2D eigenvalue weighted by molar-refractivity contribution is -0.114. The lowest BCUT2D eigenvalue weighted by Gasteiger charge is -2.12. The van der Waals surface area contributed by atoms with Crippen LogP contribution in [-0.4, -0.2) is 18.0 Å². The first-order valence-electron chi connectivity index (χ1n) is 6.22. The van der Waals surface area contributed by atoms with E-state index in [4.69, 9.17) is 10.00 Å². The molecule has 0 atom stereocenters. The third-order valence-corrected chi connectivity index (χ3v) is 2.65. The third kappa shape index (κ3) is 3.70. The number of hydrogen-bond donors (Lipinski definition) is 2. The molecule has 0 bridgehead atoms. The molecule has 2 rings (SSSR count). The van der Waals surface area contributed by atoms with Crippen LogP contribution in [0.1, 0.15) is 12.6 Å². The van der Waals surface area contributed by atoms with E-state index in [0.717, 1.165) is 5.69 Å². The lowest BCUT2D eigenvalue weighted by Crippen LogP contribution is -2.07. The molecule has 6 heteroatoms. The zero-order valence-corrected chi connectivity index (χ0v) is 11.7. The van der Waals surface area contributed by atoms with Crippen molar-refractivity contribution in [2.75, 3.05) is 17.7 Å². The number of nitrogens with one attached hydrogen (secondary N) is 2. The van der Waals surface area contributed by atoms with Crippen molar-refractivity contribution < 1.29 is 9.53 Å². The molecule has 2 aromatic rings. The van der Waals surface area contributed by atoms with Gasteiger partial charge in [-0.1, -0.05) is 6.07 Å². The maximum atomic E-state index is 11.1. The zero-order chi connectivity index (χ0) is 15.2. The van der Waals surface area contributed by atoms with Crippen LogP contribution in [0.25, 0.3) is 0 Å². The van der Waals surface area contributed by atoms with Crippen LogP contribution in [0.3, 0.4) is 0 Å². The van der Waals surface area contributed by atoms with E-state index in [1.165, 1.54) is 14.0 Å². The molecule has 0 aliphatic heterocycles. The minimum atomic E-state index is -0.169. The second-order valence-corrected chi connectivity index (χ2v) is 4.24. The van der Waals surface area contributed by atoms with Gasteiger partial charge in [0.05, 0.1) is 12.8 Å². The fraction of sp³-hybridized carbons (Fsp3) is 0.133. The number of pyridine rings is 1. The smallest absolute Gasteiger partial charge is 0.221 e. The fourth-order valence-corrected chi connectivity index (χ4v) is 1.78. The summed E-state index contributed by atoms with van der Waals surface area (Å²) in [6, 6.07) is 12.4. The number of rotatable bonds is 4. The molecular weight excluding hydrogens is 268 g/mol. The number of benzene rings is 1. The van der Waals surface area contributed by atoms with Crippen molar-refractivity contribution in [2.24, 2.45) is 0 Å². The Bertz CT molecular complexity index is 707. The Labute approximate surface area is 122 Å². The standard InChI is InChI=1S/C15H14N4O2/c1-10(20)17-13-7-6-11(8-14(13)21-2)18-15-5-3-4-12(9-16)19-15/h3-8H,1-2H3,(H,17,20)(H,18,19). The number of amides is 1. The van der Waals surface area contributed by atoms with Gasteiger partial charge in [0.2, 0.25) is 5.91 Å². The van der Waals surface area contributed by atoms with Crippen molar-refractivity contribution in [1.82, 2.24) is 4.98 Å². The van der Waals surface area contributed by atoms with Crippen LogP contribution in [-0.2, 0) is 4.79 Å². The number of nitriles is 1. The predicted molar refractivity (Wildman–Crippen MR) is 79.5 cm³/mol. The highest BCUT2D eigenvalue weighted by Crippen LogP contribution is 2.29. The molecule has 0 aliphatic rings. The number of hydrogen-bond acceptors (Lipinski definition) is 5. The van der Waals surface area contributed by atoms with Crippen LogP contribution in [0.15, 0.2) is 36.4 Å². The van der Waals surface area contributed by atoms with E-state index in [1.807, 2.05) is 6.07 Å². The molecule has 106 valence electrons. The maximum Gasteiger partial charge on any atom is 0.221 e. The first-order chi connectivity index (χ1) is 10.1. The van der Waals surface area contributed by atoms with Crippen molar-refractivity contribution in [3.05, 3.63) is 42.1 Å². The minimum Gasteiger partial charge on any atom is -0.494 e. The largest absolute Gasteiger partial charge is 0.494 e. The summed E-state index contributed by atoms with van der Waals surface area (Å²) in [7, 11) is 1.53. The molecule has 0 aliphatic carbocycles. The molecule has 1 aromatic heterocycles. The Hall–Kier alpha value is -3.07. The highest BCUT2D eigenvalue weighted by atomic mass is 16.5. The molecule has 1 aromatic carbocycles. The summed E-state index contributed by atoms with van der Waals surface area (Å²) in [6.45, 7) is 1.43. The molecule has 0 spiro atoms. The normalized spacial score (nSPS) is 9.57. The molecule has 0 saturated carbocycles. The Morgan fingerprint density at radius 1 is 1.33 bits per heavy atom. The van der Waals surface area contributed by atoms with Gasteiger partial charge in [-0.05, 0) is 24.3 Å². The average Bonchev–Trinajstić information content (AvgIpc) is 2.48. The monoisotopic (exact) mass is 282 g/mol. The number of anilines is 3. The van der Waals surface area contributed by atoms with Gasteiger partial charge in [-0.15, -0.1) is 0 Å². The van der Waals surface area contributed by atoms with Gasteiger partial charge in [-0.25, -0.2) is 4.98 Å². The Kier molecular flexibility index (Phi) is 4.36. The lowest BCUT2D eigenvalue weighted by atomic mass is 10.2. The summed E-state index contributed by atoms with van der Waals surface area (Å²) in [5, 5.41) is 14.6. The summed E-state index contributed by atoms with van der Waals surface area (Å²) < 4.78 is 5.24. The van der Waals surface area contributed by atoms with Gasteiger partial charge in [-0.2, -0.15) is 5.26 Å². The number of nitrogens with zero attached hydrogens (tertiary/aromatic N) is 2. The quantitative estimate of drug-likeness (QED) is 0.900. The van der Waals surface area contributed by atoms with E-state index in [-0.39, 0.29) is 5.91 Å². The van der Waals surface area contributed by atoms with Crippen LogP contribution in [0.5, 0.6) is 5.75 Å². The van der Waals surface area contributed by atoms with Crippen LogP contribution < -0.4 is 15.4 Å². The number of carbonyl (C=O) groups is 1. The maximum absolute atomic E-state index is 11.1. The molecule has 21 heavy (non-hydrogen) atoms. The molecule has 0 fully saturated rings. The predicted octanol–water partition coefficient (Wildman–Crippen LogP) is 2.66. The van der Waals surface area contributed by atoms with E-state index in [0.29, 0.717) is 22.9 Å². The van der Waals surface area contributed by atoms with E-state index in [2.05, 4.69) is 15.6 Å². The molecule has 1 amide bonds. The van der Waals surface area contributed by atoms with Gasteiger partial charge >= 0.3 is 0 Å². The molecule has 1 heterocycles. The molecular formula is C15H14N4O2. The minimum absolute atomic E-state index is 0.169. The number of aromatic nitrogens is 1. The molecule has 0 radical (unpaired) electrons. The van der Waals surface area contributed by atoms with Gasteiger partial charge < -0.3 is 15.4 Å². The molecule has 0 saturated heterocycles. The van der Waals surface area contributed by atoms with Gasteiger partial charge in [-0.3, -0.25) is 4.79 Å². The topological polar surface area (TPSA) is 87.0 Å². The number of ether oxygens (including phenoxy) is 1. The third-order valence-electron chi connectivity index (χ3n) is 2.65. The van der Waals surface area contributed by atoms with Crippen molar-refractivity contribution in [1.29, 1.82) is 5.26 Å². The van der Waals surface area contributed by atoms with Crippen LogP contribution in [0.4, 0.5) is 17.2 Å². The van der Waals surface area contributed by atoms with Gasteiger partial charge in [0.15, 0.2) is 0 Å². The highest BCUT2D eigenvalue weighted by Gasteiger charge is 2.06. The number of carbonyl (C=O) groups excluding carboxylic acids is 1. The van der Waals surface area contributed by atoms with Crippen molar-refractivity contribution in [3.8, 4) is 11.8 Å². The molecule has 0 unspecified atom stereocenters. The summed E-state index contributed by atoms with van der Waals surface area (Å²) >= 11 is 0. The zero-order valence-electron chi connectivity index (χ0n) is 11.7. The fourth-order valence-electron chi connectivity index (χ4n) is 1.78. The summed E-state index contributed by atoms with van der Waals surface area (Å²) in [4.78, 5) is 15.2. The van der Waals surface area contributed by atoms with Crippen LogP contribution in [0.2, 0.25) is 0 Å². The van der Waals surface area contributed by atoms with Crippen LogP contribution >= 0.6 is 0 Å². The van der Waals surface area contributed by atoms with E-state index in [9.17, 15) is 4.79 Å². The van der Waals surface area contributed by atoms with Crippen molar-refractivity contribution >= 4 is 23.1 Å². The average molecular weight is 282 g/mol. The number of methoxy groups -OCH3 is 1. The second kappa shape index (κ2) is 6.39. The molecule has 2 N–H and O–H groups in total. The van der Waals surface area contributed by atoms with E-state index in [1.54, 1.807) is 36.4 Å². The summed E-state index contributed by atoms with van der Waals surface area (Å²) in [5.41, 5.74) is 1.67. The van der Waals surface area contributed by atoms with E-state index < -0.39 is 0 Å². The summed E-state index contributed by atoms with van der Waals surface area (Å²) in [6.07, 6.45) is 0. The highest BCUT2D eigenvalue weighted by molar-refractivity contribution is 5.90. The van der Waals surface area contributed by atoms with E-state index >= 15 is 0 Å². The Morgan fingerprint density at radius 2 is 2.14 bits per heavy atom. The first kappa shape index (κ1) is 14.3. The Morgan fingerprint density at radius 3 is 2.81 bits per heavy atom. The second-order valence-electron chi connectivity index (χ2n) is 4.24. The SMILES string of the molecule is COc1cc(Nc2cccc(C#N)n2)ccc1NC(C)=O. The summed E-state index contributed by atoms with van der Waals surface area (Å²) in [5.74, 6) is 0.924. The van der Waals surface area contributed by atoms with Gasteiger partial charge in [0, 0.05) is 18.7 Å².